The topological polar surface area (TPSA) is 84.9 Å². The Balaban J connectivity index is 1.96. The Labute approximate surface area is 157 Å². The maximum Gasteiger partial charge on any atom is 0.412 e. The largest absolute Gasteiger partial charge is 0.508 e. The number of anilines is 1. The van der Waals surface area contributed by atoms with Crippen LogP contribution in [0.4, 0.5) is 10.5 Å². The summed E-state index contributed by atoms with van der Waals surface area (Å²) in [7, 11) is 0. The number of hydrogen-bond donors (Lipinski definition) is 3. The fraction of sp³-hybridized carbons (Fsp3) is 0.263. The summed E-state index contributed by atoms with van der Waals surface area (Å²) in [5.74, 6) is -0.238. The van der Waals surface area contributed by atoms with Crippen LogP contribution in [0, 0.1) is 0 Å². The number of hydrogen-bond acceptors (Lipinski definition) is 6. The van der Waals surface area contributed by atoms with Crippen molar-refractivity contribution >= 4 is 30.4 Å². The van der Waals surface area contributed by atoms with Gasteiger partial charge in [-0.2, -0.15) is 12.6 Å². The van der Waals surface area contributed by atoms with E-state index in [0.717, 1.165) is 5.56 Å². The highest BCUT2D eigenvalue weighted by Gasteiger charge is 2.17. The smallest absolute Gasteiger partial charge is 0.412 e. The Bertz CT molecular complexity index is 706. The van der Waals surface area contributed by atoms with Gasteiger partial charge in [0.05, 0.1) is 12.4 Å². The molecule has 2 aromatic carbocycles. The molecule has 0 spiro atoms. The molecular weight excluding hydrogens is 354 g/mol. The third-order valence-corrected chi connectivity index (χ3v) is 3.80. The number of carbonyl (C=O) groups is 2. The third-order valence-electron chi connectivity index (χ3n) is 3.54. The molecule has 2 aromatic rings. The summed E-state index contributed by atoms with van der Waals surface area (Å²) in [6, 6.07) is 15.4. The Kier molecular flexibility index (Phi) is 7.82. The monoisotopic (exact) mass is 375 g/mol. The van der Waals surface area contributed by atoms with E-state index < -0.39 is 18.2 Å². The fourth-order valence-corrected chi connectivity index (χ4v) is 2.37. The minimum Gasteiger partial charge on any atom is -0.508 e. The van der Waals surface area contributed by atoms with Crippen LogP contribution in [0.2, 0.25) is 0 Å². The maximum atomic E-state index is 12.2. The van der Waals surface area contributed by atoms with Crippen LogP contribution < -0.4 is 5.32 Å². The summed E-state index contributed by atoms with van der Waals surface area (Å²) in [5.41, 5.74) is 1.37. The van der Waals surface area contributed by atoms with Gasteiger partial charge in [-0.1, -0.05) is 30.3 Å². The molecule has 0 bridgehead atoms. The molecule has 0 aliphatic rings. The van der Waals surface area contributed by atoms with Crippen LogP contribution in [0.3, 0.4) is 0 Å². The van der Waals surface area contributed by atoms with Gasteiger partial charge in [-0.05, 0) is 42.7 Å². The van der Waals surface area contributed by atoms with Crippen LogP contribution in [0.25, 0.3) is 0 Å². The average Bonchev–Trinajstić information content (AvgIpc) is 2.65. The van der Waals surface area contributed by atoms with Gasteiger partial charge in [-0.3, -0.25) is 10.1 Å². The number of phenols is 1. The molecule has 2 rings (SSSR count). The molecule has 0 saturated heterocycles. The first-order chi connectivity index (χ1) is 12.6. The molecule has 0 heterocycles. The van der Waals surface area contributed by atoms with Gasteiger partial charge in [0.1, 0.15) is 11.9 Å². The van der Waals surface area contributed by atoms with Gasteiger partial charge in [-0.25, -0.2) is 4.79 Å². The quantitative estimate of drug-likeness (QED) is 0.370. The third kappa shape index (κ3) is 6.68. The Morgan fingerprint density at radius 2 is 1.77 bits per heavy atom. The van der Waals surface area contributed by atoms with Crippen LogP contribution >= 0.6 is 12.6 Å². The van der Waals surface area contributed by atoms with Gasteiger partial charge in [0.2, 0.25) is 0 Å². The predicted octanol–water partition coefficient (Wildman–Crippen LogP) is 3.94. The van der Waals surface area contributed by atoms with Crippen LogP contribution in [0.1, 0.15) is 24.5 Å². The van der Waals surface area contributed by atoms with E-state index in [1.807, 2.05) is 18.2 Å². The Hall–Kier alpha value is -2.67. The van der Waals surface area contributed by atoms with E-state index >= 15 is 0 Å². The number of thiol groups is 1. The molecule has 7 heteroatoms. The minimum absolute atomic E-state index is 0.0252. The molecule has 1 amide bonds. The van der Waals surface area contributed by atoms with Gasteiger partial charge in [0.15, 0.2) is 0 Å². The van der Waals surface area contributed by atoms with Crippen molar-refractivity contribution in [1.29, 1.82) is 0 Å². The number of nitrogens with one attached hydrogen (secondary N) is 1. The minimum atomic E-state index is -0.582. The summed E-state index contributed by atoms with van der Waals surface area (Å²) < 4.78 is 10.5. The summed E-state index contributed by atoms with van der Waals surface area (Å²) in [6.07, 6.45) is -0.132. The SMILES string of the molecule is O=C(CS)OCCC[C@H](OC(=O)Nc1ccccc1)c1ccc(O)cc1. The standard InChI is InChI=1S/C19H21NO5S/c21-16-10-8-14(9-11-16)17(7-4-12-24-18(22)13-26)25-19(23)20-15-5-2-1-3-6-15/h1-3,5-6,8-11,17,21,26H,4,7,12-13H2,(H,20,23)/t17-/m0/s1. The lowest BCUT2D eigenvalue weighted by atomic mass is 10.0. The van der Waals surface area contributed by atoms with Gasteiger partial charge >= 0.3 is 12.1 Å². The molecule has 1 atom stereocenters. The van der Waals surface area contributed by atoms with Crippen molar-refractivity contribution in [3.63, 3.8) is 0 Å². The Morgan fingerprint density at radius 3 is 2.42 bits per heavy atom. The number of benzene rings is 2. The molecule has 0 radical (unpaired) electrons. The van der Waals surface area contributed by atoms with Crippen molar-refractivity contribution in [3.8, 4) is 5.75 Å². The van der Waals surface area contributed by atoms with E-state index in [2.05, 4.69) is 17.9 Å². The van der Waals surface area contributed by atoms with Crippen LogP contribution in [-0.4, -0.2) is 29.5 Å². The summed E-state index contributed by atoms with van der Waals surface area (Å²) >= 11 is 3.84. The number of ether oxygens (including phenoxy) is 2. The second kappa shape index (κ2) is 10.4. The highest BCUT2D eigenvalue weighted by atomic mass is 32.1. The molecule has 0 fully saturated rings. The van der Waals surface area contributed by atoms with Crippen LogP contribution in [0.5, 0.6) is 5.75 Å². The lowest BCUT2D eigenvalue weighted by Gasteiger charge is -2.19. The first-order valence-corrected chi connectivity index (χ1v) is 8.80. The van der Waals surface area contributed by atoms with Crippen molar-refractivity contribution in [3.05, 3.63) is 60.2 Å². The lowest BCUT2D eigenvalue weighted by Crippen LogP contribution is -2.18. The fourth-order valence-electron chi connectivity index (χ4n) is 2.28. The van der Waals surface area contributed by atoms with E-state index in [-0.39, 0.29) is 18.1 Å². The highest BCUT2D eigenvalue weighted by molar-refractivity contribution is 7.81. The normalized spacial score (nSPS) is 11.4. The van der Waals surface area contributed by atoms with Gasteiger partial charge < -0.3 is 14.6 Å². The molecule has 0 aliphatic carbocycles. The number of esters is 1. The van der Waals surface area contributed by atoms with Crippen LogP contribution in [0.15, 0.2) is 54.6 Å². The molecule has 0 aliphatic heterocycles. The zero-order valence-electron chi connectivity index (χ0n) is 14.1. The van der Waals surface area contributed by atoms with Crippen LogP contribution in [-0.2, 0) is 14.3 Å². The highest BCUT2D eigenvalue weighted by Crippen LogP contribution is 2.25. The van der Waals surface area contributed by atoms with Crippen molar-refractivity contribution in [2.75, 3.05) is 17.7 Å². The number of carbonyl (C=O) groups excluding carboxylic acids is 2. The molecule has 0 unspecified atom stereocenters. The van der Waals surface area contributed by atoms with Crippen molar-refractivity contribution in [2.24, 2.45) is 0 Å². The molecular formula is C19H21NO5S. The second-order valence-corrected chi connectivity index (χ2v) is 5.81. The predicted molar refractivity (Wildman–Crippen MR) is 101 cm³/mol. The maximum absolute atomic E-state index is 12.2. The first kappa shape index (κ1) is 19.7. The number of amides is 1. The van der Waals surface area contributed by atoms with Crippen molar-refractivity contribution in [2.45, 2.75) is 18.9 Å². The molecule has 138 valence electrons. The van der Waals surface area contributed by atoms with Gasteiger partial charge in [-0.15, -0.1) is 0 Å². The van der Waals surface area contributed by atoms with E-state index in [1.54, 1.807) is 24.3 Å². The van der Waals surface area contributed by atoms with Crippen molar-refractivity contribution in [1.82, 2.24) is 0 Å². The first-order valence-electron chi connectivity index (χ1n) is 8.16. The molecule has 6 nitrogen and oxygen atoms in total. The van der Waals surface area contributed by atoms with E-state index in [9.17, 15) is 14.7 Å². The summed E-state index contributed by atoms with van der Waals surface area (Å²) in [5, 5.41) is 12.1. The van der Waals surface area contributed by atoms with Gasteiger partial charge in [0.25, 0.3) is 0 Å². The summed E-state index contributed by atoms with van der Waals surface area (Å²) in [6.45, 7) is 0.220. The summed E-state index contributed by atoms with van der Waals surface area (Å²) in [4.78, 5) is 23.3. The molecule has 2 N–H and O–H groups in total. The lowest BCUT2D eigenvalue weighted by molar-refractivity contribution is -0.140. The number of phenolic OH excluding ortho intramolecular Hbond substituents is 1. The van der Waals surface area contributed by atoms with Crippen molar-refractivity contribution < 1.29 is 24.2 Å². The van der Waals surface area contributed by atoms with E-state index in [0.29, 0.717) is 18.5 Å². The average molecular weight is 375 g/mol. The van der Waals surface area contributed by atoms with E-state index in [1.165, 1.54) is 12.1 Å². The molecule has 0 saturated carbocycles. The number of aromatic hydroxyl groups is 1. The number of rotatable bonds is 8. The molecule has 26 heavy (non-hydrogen) atoms. The zero-order valence-corrected chi connectivity index (χ0v) is 15.0. The molecule has 0 aromatic heterocycles. The zero-order chi connectivity index (χ0) is 18.8. The second-order valence-electron chi connectivity index (χ2n) is 5.50. The van der Waals surface area contributed by atoms with E-state index in [4.69, 9.17) is 9.47 Å². The van der Waals surface area contributed by atoms with Gasteiger partial charge in [0, 0.05) is 5.69 Å². The number of para-hydroxylation sites is 1. The Morgan fingerprint density at radius 1 is 1.08 bits per heavy atom.